The summed E-state index contributed by atoms with van der Waals surface area (Å²) in [5, 5.41) is 0. The molecule has 0 saturated heterocycles. The van der Waals surface area contributed by atoms with Crippen LogP contribution in [0.1, 0.15) is 48.5 Å². The molecule has 0 saturated carbocycles. The maximum absolute atomic E-state index is 3.56. The van der Waals surface area contributed by atoms with Gasteiger partial charge in [-0.05, 0) is 54.8 Å². The van der Waals surface area contributed by atoms with E-state index in [4.69, 9.17) is 0 Å². The van der Waals surface area contributed by atoms with Crippen LogP contribution in [-0.2, 0) is 0 Å². The smallest absolute Gasteiger partial charge is 0.0140 e. The fraction of sp³-hybridized carbons (Fsp3) is 0.733. The first-order valence-corrected chi connectivity index (χ1v) is 5.78. The van der Waals surface area contributed by atoms with Crippen molar-refractivity contribution in [3.05, 3.63) is 24.3 Å². The molecule has 0 N–H and O–H groups in total. The molecular weight excluding hydrogens is 194 g/mol. The molecule has 1 nitrogen and oxygen atoms in total. The summed E-state index contributed by atoms with van der Waals surface area (Å²) in [5.74, 6) is 0.833. The van der Waals surface area contributed by atoms with Crippen LogP contribution in [0.15, 0.2) is 24.3 Å². The van der Waals surface area contributed by atoms with Crippen molar-refractivity contribution in [2.45, 2.75) is 48.5 Å². The van der Waals surface area contributed by atoms with Crippen LogP contribution in [0, 0.1) is 5.92 Å². The van der Waals surface area contributed by atoms with Crippen molar-refractivity contribution in [3.8, 4) is 0 Å². The lowest BCUT2D eigenvalue weighted by molar-refractivity contribution is 0.505. The molecule has 0 spiro atoms. The molecule has 0 fully saturated rings. The van der Waals surface area contributed by atoms with Crippen LogP contribution >= 0.6 is 0 Å². The summed E-state index contributed by atoms with van der Waals surface area (Å²) in [6.45, 7) is 21.5. The molecule has 0 bridgehead atoms. The van der Waals surface area contributed by atoms with Gasteiger partial charge >= 0.3 is 0 Å². The Labute approximate surface area is 105 Å². The van der Waals surface area contributed by atoms with Gasteiger partial charge < -0.3 is 4.90 Å². The highest BCUT2D eigenvalue weighted by atomic mass is 15.0. The third-order valence-electron chi connectivity index (χ3n) is 0. The van der Waals surface area contributed by atoms with Gasteiger partial charge in [0.25, 0.3) is 0 Å². The maximum Gasteiger partial charge on any atom is -0.0140 e. The van der Waals surface area contributed by atoms with Crippen molar-refractivity contribution in [1.29, 1.82) is 0 Å². The highest BCUT2D eigenvalue weighted by molar-refractivity contribution is 4.79. The molecule has 0 atom stereocenters. The van der Waals surface area contributed by atoms with E-state index in [1.165, 1.54) is 11.1 Å². The molecule has 0 radical (unpaired) electrons. The Morgan fingerprint density at radius 3 is 0.750 bits per heavy atom. The number of rotatable bonds is 0. The zero-order chi connectivity index (χ0) is 14.3. The maximum atomic E-state index is 3.56. The zero-order valence-electron chi connectivity index (χ0n) is 13.4. The van der Waals surface area contributed by atoms with Gasteiger partial charge in [0.2, 0.25) is 0 Å². The van der Waals surface area contributed by atoms with Gasteiger partial charge in [-0.2, -0.15) is 0 Å². The molecule has 0 aliphatic carbocycles. The predicted molar refractivity (Wildman–Crippen MR) is 81.1 cm³/mol. The molecule has 0 unspecified atom stereocenters. The molecule has 16 heavy (non-hydrogen) atoms. The lowest BCUT2D eigenvalue weighted by atomic mass is 10.3. The quantitative estimate of drug-likeness (QED) is 0.528. The predicted octanol–water partition coefficient (Wildman–Crippen LogP) is 5.00. The van der Waals surface area contributed by atoms with E-state index < -0.39 is 0 Å². The van der Waals surface area contributed by atoms with Gasteiger partial charge in [0, 0.05) is 0 Å². The average Bonchev–Trinajstić information content (AvgIpc) is 1.76. The van der Waals surface area contributed by atoms with E-state index in [0.717, 1.165) is 5.92 Å². The van der Waals surface area contributed by atoms with Gasteiger partial charge in [0.15, 0.2) is 0 Å². The average molecular weight is 229 g/mol. The first-order chi connectivity index (χ1) is 6.93. The fourth-order valence-electron chi connectivity index (χ4n) is 0. The van der Waals surface area contributed by atoms with E-state index in [-0.39, 0.29) is 0 Å². The van der Waals surface area contributed by atoms with Crippen LogP contribution in [0.25, 0.3) is 0 Å². The number of hydrogen-bond acceptors (Lipinski definition) is 1. The topological polar surface area (TPSA) is 3.24 Å². The van der Waals surface area contributed by atoms with Crippen LogP contribution in [0.4, 0.5) is 0 Å². The molecule has 0 rings (SSSR count). The zero-order valence-corrected chi connectivity index (χ0v) is 13.4. The van der Waals surface area contributed by atoms with Gasteiger partial charge in [-0.25, -0.2) is 0 Å². The minimum absolute atomic E-state index is 0.833. The third kappa shape index (κ3) is 6630. The highest BCUT2D eigenvalue weighted by Crippen LogP contribution is 1.81. The van der Waals surface area contributed by atoms with Crippen molar-refractivity contribution in [2.24, 2.45) is 5.92 Å². The molecular formula is C15H35N. The number of allylic oxidation sites excluding steroid dienone is 2. The molecule has 0 heterocycles. The lowest BCUT2D eigenvalue weighted by Gasteiger charge is -1.90. The van der Waals surface area contributed by atoms with E-state index in [0.29, 0.717) is 0 Å². The summed E-state index contributed by atoms with van der Waals surface area (Å²) in [5.41, 5.74) is 2.33. The lowest BCUT2D eigenvalue weighted by Crippen LogP contribution is -1.99. The van der Waals surface area contributed by atoms with E-state index in [9.17, 15) is 0 Å². The highest BCUT2D eigenvalue weighted by Gasteiger charge is 1.68. The van der Waals surface area contributed by atoms with E-state index in [1.54, 1.807) is 0 Å². The van der Waals surface area contributed by atoms with Gasteiger partial charge in [-0.1, -0.05) is 31.9 Å². The monoisotopic (exact) mass is 229 g/mol. The van der Waals surface area contributed by atoms with Crippen LogP contribution in [-0.4, -0.2) is 26.0 Å². The molecule has 100 valence electrons. The van der Waals surface area contributed by atoms with Crippen LogP contribution in [0.5, 0.6) is 0 Å². The van der Waals surface area contributed by atoms with Crippen LogP contribution in [0.3, 0.4) is 0 Å². The van der Waals surface area contributed by atoms with E-state index >= 15 is 0 Å². The van der Waals surface area contributed by atoms with Crippen LogP contribution in [0.2, 0.25) is 0 Å². The molecule has 0 aliphatic heterocycles. The van der Waals surface area contributed by atoms with E-state index in [2.05, 4.69) is 33.9 Å². The third-order valence-corrected chi connectivity index (χ3v) is 0. The van der Waals surface area contributed by atoms with Gasteiger partial charge in [0.05, 0.1) is 0 Å². The number of hydrogen-bond donors (Lipinski definition) is 0. The summed E-state index contributed by atoms with van der Waals surface area (Å²) in [4.78, 5) is 2.00. The summed E-state index contributed by atoms with van der Waals surface area (Å²) in [6, 6.07) is 0. The SMILES string of the molecule is C=C(C)C.C=C(C)C.CC(C)C.CN(C)C. The first-order valence-electron chi connectivity index (χ1n) is 5.78. The second-order valence-corrected chi connectivity index (χ2v) is 5.49. The van der Waals surface area contributed by atoms with Crippen molar-refractivity contribution in [2.75, 3.05) is 21.1 Å². The van der Waals surface area contributed by atoms with Gasteiger partial charge in [-0.3, -0.25) is 0 Å². The Kier molecular flexibility index (Phi) is 30.6. The second kappa shape index (κ2) is 19.9. The molecule has 0 aromatic carbocycles. The Morgan fingerprint density at radius 1 is 0.750 bits per heavy atom. The first kappa shape index (κ1) is 24.6. The normalized spacial score (nSPS) is 7.75. The molecule has 0 aliphatic rings. The number of nitrogens with zero attached hydrogens (tertiary/aromatic N) is 1. The Hall–Kier alpha value is -0.560. The van der Waals surface area contributed by atoms with E-state index in [1.807, 2.05) is 53.7 Å². The summed E-state index contributed by atoms with van der Waals surface area (Å²) >= 11 is 0. The van der Waals surface area contributed by atoms with Crippen molar-refractivity contribution in [1.82, 2.24) is 4.90 Å². The van der Waals surface area contributed by atoms with Gasteiger partial charge in [0.1, 0.15) is 0 Å². The summed E-state index contributed by atoms with van der Waals surface area (Å²) in [6.07, 6.45) is 0. The van der Waals surface area contributed by atoms with Gasteiger partial charge in [-0.15, -0.1) is 13.2 Å². The Bertz CT molecular complexity index is 112. The standard InChI is InChI=1S/C4H10.2C4H8.C3H9N/c4*1-4(2)3/h4H,1-3H3;2*1H2,2-3H3;1-3H3. The molecule has 1 heteroatoms. The van der Waals surface area contributed by atoms with Crippen molar-refractivity contribution >= 4 is 0 Å². The molecule has 0 aromatic heterocycles. The summed E-state index contributed by atoms with van der Waals surface area (Å²) < 4.78 is 0. The fourth-order valence-corrected chi connectivity index (χ4v) is 0. The molecule has 0 aromatic rings. The minimum atomic E-state index is 0.833. The van der Waals surface area contributed by atoms with Crippen LogP contribution < -0.4 is 0 Å². The van der Waals surface area contributed by atoms with Crippen molar-refractivity contribution in [3.63, 3.8) is 0 Å². The largest absolute Gasteiger partial charge is 0.312 e. The molecule has 0 amide bonds. The Balaban J connectivity index is -0.0000000600. The van der Waals surface area contributed by atoms with Crippen molar-refractivity contribution < 1.29 is 0 Å². The summed E-state index contributed by atoms with van der Waals surface area (Å²) in [7, 11) is 6.00. The minimum Gasteiger partial charge on any atom is -0.312 e. The Morgan fingerprint density at radius 2 is 0.750 bits per heavy atom. The second-order valence-electron chi connectivity index (χ2n) is 5.49.